The van der Waals surface area contributed by atoms with Crippen LogP contribution < -0.4 is 10.6 Å². The molecule has 2 rings (SSSR count). The summed E-state index contributed by atoms with van der Waals surface area (Å²) in [6, 6.07) is 3.27. The molecule has 2 aromatic heterocycles. The lowest BCUT2D eigenvalue weighted by Crippen LogP contribution is -2.27. The van der Waals surface area contributed by atoms with E-state index in [0.717, 1.165) is 18.5 Å². The maximum atomic E-state index is 12.0. The number of aromatic amines is 1. The minimum absolute atomic E-state index is 0.138. The van der Waals surface area contributed by atoms with Gasteiger partial charge in [0.05, 0.1) is 12.2 Å². The molecule has 2 heterocycles. The number of anilines is 1. The molecule has 106 valence electrons. The zero-order chi connectivity index (χ0) is 14.4. The predicted octanol–water partition coefficient (Wildman–Crippen LogP) is 1.51. The van der Waals surface area contributed by atoms with Crippen molar-refractivity contribution in [1.82, 2.24) is 25.7 Å². The van der Waals surface area contributed by atoms with Crippen LogP contribution in [0, 0.1) is 0 Å². The van der Waals surface area contributed by atoms with Crippen LogP contribution in [0.15, 0.2) is 24.5 Å². The number of nitrogens with zero attached hydrogens (tertiary/aromatic N) is 3. The van der Waals surface area contributed by atoms with Crippen LogP contribution in [0.3, 0.4) is 0 Å². The number of H-pyrrole nitrogens is 1. The summed E-state index contributed by atoms with van der Waals surface area (Å²) in [6.45, 7) is 4.78. The van der Waals surface area contributed by atoms with Gasteiger partial charge in [-0.25, -0.2) is 0 Å². The van der Waals surface area contributed by atoms with Gasteiger partial charge in [0.25, 0.3) is 5.91 Å². The summed E-state index contributed by atoms with van der Waals surface area (Å²) in [6.07, 6.45) is 4.43. The average molecular weight is 274 g/mol. The van der Waals surface area contributed by atoms with Crippen LogP contribution in [-0.4, -0.2) is 32.8 Å². The van der Waals surface area contributed by atoms with E-state index >= 15 is 0 Å². The van der Waals surface area contributed by atoms with Gasteiger partial charge in [-0.05, 0) is 25.5 Å². The molecule has 0 bridgehead atoms. The van der Waals surface area contributed by atoms with Gasteiger partial charge in [0.15, 0.2) is 5.69 Å². The second kappa shape index (κ2) is 6.65. The first-order chi connectivity index (χ1) is 9.70. The van der Waals surface area contributed by atoms with Gasteiger partial charge in [-0.3, -0.25) is 9.89 Å². The van der Waals surface area contributed by atoms with Crippen molar-refractivity contribution in [2.75, 3.05) is 11.9 Å². The lowest BCUT2D eigenvalue weighted by molar-refractivity contribution is 0.0934. The fourth-order valence-corrected chi connectivity index (χ4v) is 1.65. The van der Waals surface area contributed by atoms with Gasteiger partial charge >= 0.3 is 0 Å². The monoisotopic (exact) mass is 274 g/mol. The van der Waals surface area contributed by atoms with E-state index < -0.39 is 0 Å². The van der Waals surface area contributed by atoms with E-state index in [1.807, 2.05) is 6.92 Å². The molecule has 0 saturated carbocycles. The Labute approximate surface area is 117 Å². The largest absolute Gasteiger partial charge is 0.369 e. The predicted molar refractivity (Wildman–Crippen MR) is 75.3 cm³/mol. The first kappa shape index (κ1) is 14.0. The molecular weight excluding hydrogens is 256 g/mol. The van der Waals surface area contributed by atoms with Crippen LogP contribution in [0.1, 0.15) is 42.4 Å². The van der Waals surface area contributed by atoms with Crippen molar-refractivity contribution in [3.05, 3.63) is 35.8 Å². The molecule has 20 heavy (non-hydrogen) atoms. The van der Waals surface area contributed by atoms with Gasteiger partial charge in [-0.1, -0.05) is 6.92 Å². The molecule has 1 unspecified atom stereocenters. The number of rotatable bonds is 6. The van der Waals surface area contributed by atoms with Crippen molar-refractivity contribution in [1.29, 1.82) is 0 Å². The Kier molecular flexibility index (Phi) is 4.65. The van der Waals surface area contributed by atoms with Gasteiger partial charge < -0.3 is 10.6 Å². The summed E-state index contributed by atoms with van der Waals surface area (Å²) in [4.78, 5) is 12.0. The van der Waals surface area contributed by atoms with E-state index in [0.29, 0.717) is 11.5 Å². The Hall–Kier alpha value is -2.44. The van der Waals surface area contributed by atoms with Gasteiger partial charge in [-0.2, -0.15) is 5.10 Å². The number of nitrogens with one attached hydrogen (secondary N) is 3. The van der Waals surface area contributed by atoms with Gasteiger partial charge in [0.1, 0.15) is 5.82 Å². The van der Waals surface area contributed by atoms with Gasteiger partial charge in [0, 0.05) is 18.3 Å². The van der Waals surface area contributed by atoms with Crippen LogP contribution in [-0.2, 0) is 0 Å². The molecular formula is C13H18N6O. The highest BCUT2D eigenvalue weighted by Crippen LogP contribution is 2.10. The van der Waals surface area contributed by atoms with Crippen LogP contribution in [0.4, 0.5) is 5.82 Å². The van der Waals surface area contributed by atoms with Crippen LogP contribution in [0.5, 0.6) is 0 Å². The molecule has 0 aromatic carbocycles. The molecule has 0 fully saturated rings. The first-order valence-electron chi connectivity index (χ1n) is 6.58. The summed E-state index contributed by atoms with van der Waals surface area (Å²) in [5, 5.41) is 20.4. The summed E-state index contributed by atoms with van der Waals surface area (Å²) >= 11 is 0. The number of amides is 1. The summed E-state index contributed by atoms with van der Waals surface area (Å²) in [5.74, 6) is 0.416. The average Bonchev–Trinajstić information content (AvgIpc) is 3.00. The van der Waals surface area contributed by atoms with E-state index in [2.05, 4.69) is 38.0 Å². The number of carbonyl (C=O) groups excluding carboxylic acids is 1. The van der Waals surface area contributed by atoms with E-state index in [-0.39, 0.29) is 11.9 Å². The quantitative estimate of drug-likeness (QED) is 0.742. The highest BCUT2D eigenvalue weighted by molar-refractivity contribution is 5.92. The molecule has 0 aliphatic carbocycles. The highest BCUT2D eigenvalue weighted by Gasteiger charge is 2.13. The Bertz CT molecular complexity index is 536. The van der Waals surface area contributed by atoms with Crippen molar-refractivity contribution in [3.63, 3.8) is 0 Å². The number of aromatic nitrogens is 4. The van der Waals surface area contributed by atoms with Crippen molar-refractivity contribution < 1.29 is 4.79 Å². The Morgan fingerprint density at radius 3 is 2.85 bits per heavy atom. The lowest BCUT2D eigenvalue weighted by Gasteiger charge is -2.11. The zero-order valence-electron chi connectivity index (χ0n) is 11.6. The van der Waals surface area contributed by atoms with Gasteiger partial charge in [-0.15, -0.1) is 10.2 Å². The number of hydrogen-bond donors (Lipinski definition) is 3. The van der Waals surface area contributed by atoms with Crippen LogP contribution in [0.2, 0.25) is 0 Å². The molecule has 0 spiro atoms. The Morgan fingerprint density at radius 2 is 2.25 bits per heavy atom. The molecule has 7 heteroatoms. The van der Waals surface area contributed by atoms with Crippen LogP contribution >= 0.6 is 0 Å². The molecule has 0 aliphatic rings. The van der Waals surface area contributed by atoms with E-state index in [4.69, 9.17) is 0 Å². The number of carbonyl (C=O) groups is 1. The van der Waals surface area contributed by atoms with Crippen molar-refractivity contribution in [2.24, 2.45) is 0 Å². The number of hydrogen-bond acceptors (Lipinski definition) is 5. The topological polar surface area (TPSA) is 95.6 Å². The maximum absolute atomic E-state index is 12.0. The van der Waals surface area contributed by atoms with Crippen molar-refractivity contribution in [3.8, 4) is 0 Å². The standard InChI is InChI=1S/C13H18N6O/c1-3-6-14-12-5-4-11(18-19-12)13(20)17-9(2)10-7-15-16-8-10/h4-5,7-9H,3,6H2,1-2H3,(H,14,19)(H,15,16)(H,17,20). The highest BCUT2D eigenvalue weighted by atomic mass is 16.2. The Balaban J connectivity index is 1.95. The summed E-state index contributed by atoms with van der Waals surface area (Å²) in [5.41, 5.74) is 1.20. The minimum Gasteiger partial charge on any atom is -0.369 e. The molecule has 1 amide bonds. The molecule has 0 saturated heterocycles. The van der Waals surface area contributed by atoms with Crippen LogP contribution in [0.25, 0.3) is 0 Å². The van der Waals surface area contributed by atoms with Gasteiger partial charge in [0.2, 0.25) is 0 Å². The zero-order valence-corrected chi connectivity index (χ0v) is 11.6. The molecule has 2 aromatic rings. The SMILES string of the molecule is CCCNc1ccc(C(=O)NC(C)c2cn[nH]c2)nn1. The second-order valence-corrected chi connectivity index (χ2v) is 4.46. The molecule has 7 nitrogen and oxygen atoms in total. The fraction of sp³-hybridized carbons (Fsp3) is 0.385. The molecule has 3 N–H and O–H groups in total. The van der Waals surface area contributed by atoms with Crippen molar-refractivity contribution >= 4 is 11.7 Å². The maximum Gasteiger partial charge on any atom is 0.272 e. The Morgan fingerprint density at radius 1 is 1.40 bits per heavy atom. The lowest BCUT2D eigenvalue weighted by atomic mass is 10.2. The van der Waals surface area contributed by atoms with E-state index in [1.54, 1.807) is 24.5 Å². The molecule has 1 atom stereocenters. The first-order valence-corrected chi connectivity index (χ1v) is 6.58. The third kappa shape index (κ3) is 3.53. The second-order valence-electron chi connectivity index (χ2n) is 4.46. The molecule has 0 aliphatic heterocycles. The van der Waals surface area contributed by atoms with E-state index in [1.165, 1.54) is 0 Å². The minimum atomic E-state index is -0.256. The summed E-state index contributed by atoms with van der Waals surface area (Å²) in [7, 11) is 0. The van der Waals surface area contributed by atoms with Crippen molar-refractivity contribution in [2.45, 2.75) is 26.3 Å². The smallest absolute Gasteiger partial charge is 0.272 e. The normalized spacial score (nSPS) is 11.9. The fourth-order valence-electron chi connectivity index (χ4n) is 1.65. The summed E-state index contributed by atoms with van der Waals surface area (Å²) < 4.78 is 0. The third-order valence-corrected chi connectivity index (χ3v) is 2.82. The molecule has 0 radical (unpaired) electrons. The van der Waals surface area contributed by atoms with E-state index in [9.17, 15) is 4.79 Å². The third-order valence-electron chi connectivity index (χ3n) is 2.82.